The summed E-state index contributed by atoms with van der Waals surface area (Å²) in [7, 11) is 0. The highest BCUT2D eigenvalue weighted by molar-refractivity contribution is 5.74. The Morgan fingerprint density at radius 1 is 0.438 bits per heavy atom. The van der Waals surface area contributed by atoms with Gasteiger partial charge in [0.1, 0.15) is 116 Å². The zero-order valence-electron chi connectivity index (χ0n) is 35.0. The van der Waals surface area contributed by atoms with E-state index in [1.165, 1.54) is 6.92 Å². The van der Waals surface area contributed by atoms with Crippen LogP contribution in [0.3, 0.4) is 0 Å². The normalized spacial score (nSPS) is 47.7. The van der Waals surface area contributed by atoms with Crippen molar-refractivity contribution in [1.82, 2.24) is 16.0 Å². The predicted octanol–water partition coefficient (Wildman–Crippen LogP) is -10.5. The molecule has 370 valence electrons. The third-order valence-electron chi connectivity index (χ3n) is 11.5. The van der Waals surface area contributed by atoms with E-state index in [0.717, 1.165) is 20.8 Å². The van der Waals surface area contributed by atoms with E-state index in [-0.39, 0.29) is 0 Å². The molecule has 5 aliphatic rings. The molecule has 5 aliphatic heterocycles. The fraction of sp³-hybridized carbons (Fsp3) is 0.917. The number of amides is 3. The maximum absolute atomic E-state index is 12.8. The van der Waals surface area contributed by atoms with Crippen LogP contribution in [0.5, 0.6) is 0 Å². The molecule has 0 bridgehead atoms. The Balaban J connectivity index is 1.46. The third kappa shape index (κ3) is 11.6. The molecule has 0 saturated carbocycles. The van der Waals surface area contributed by atoms with Crippen LogP contribution >= 0.6 is 0 Å². The van der Waals surface area contributed by atoms with Crippen LogP contribution in [0.15, 0.2) is 0 Å². The van der Waals surface area contributed by atoms with Crippen LogP contribution in [0.1, 0.15) is 27.7 Å². The van der Waals surface area contributed by atoms with Crippen molar-refractivity contribution in [2.45, 2.75) is 181 Å². The minimum atomic E-state index is -2.01. The van der Waals surface area contributed by atoms with Gasteiger partial charge in [0, 0.05) is 20.8 Å². The standard InChI is InChI=1S/C36H61N3O25/c1-9-20(46)25(51)27(53)35(57-9)64-31-19(39-12(4)45)33(61-15(7-42)29(31)62-36-28(54)26(52)22(48)14(6-41)60-36)56-8-16-23(49)30(18(32(55)58-16)38-11(3)44)63-34-17(37-10(2)43)24(50)21(47)13(5-40)59-34/h9,13-36,40-42,46-55H,5-8H2,1-4H3,(H,37,43)(H,38,44)(H,39,45)/t9-,13+,14+,15+,16+,17+,18+,19+,20+,21+,22-,23-,24+,25+,26-,27-,28+,29+,30+,31+,32-,33+,34-,35-,36-/m0/s1. The topological polar surface area (TPSA) is 433 Å². The lowest BCUT2D eigenvalue weighted by Crippen LogP contribution is -2.70. The second kappa shape index (κ2) is 22.6. The average Bonchev–Trinajstić information content (AvgIpc) is 3.24. The first-order valence-corrected chi connectivity index (χ1v) is 20.4. The highest BCUT2D eigenvalue weighted by Gasteiger charge is 2.56. The molecule has 64 heavy (non-hydrogen) atoms. The first-order chi connectivity index (χ1) is 30.1. The van der Waals surface area contributed by atoms with Gasteiger partial charge in [0.05, 0.1) is 32.5 Å². The van der Waals surface area contributed by atoms with Crippen LogP contribution in [0, 0.1) is 0 Å². The average molecular weight is 936 g/mol. The summed E-state index contributed by atoms with van der Waals surface area (Å²) < 4.78 is 52.5. The summed E-state index contributed by atoms with van der Waals surface area (Å²) in [5.41, 5.74) is 0. The molecule has 0 aromatic carbocycles. The Bertz CT molecular complexity index is 1540. The van der Waals surface area contributed by atoms with Gasteiger partial charge in [0.2, 0.25) is 17.7 Å². The minimum Gasteiger partial charge on any atom is -0.394 e. The van der Waals surface area contributed by atoms with E-state index in [4.69, 9.17) is 42.6 Å². The first kappa shape index (κ1) is 52.5. The zero-order chi connectivity index (χ0) is 47.5. The number of carbonyl (C=O) groups excluding carboxylic acids is 3. The molecule has 0 aromatic heterocycles. The Kier molecular flexibility index (Phi) is 18.5. The lowest BCUT2D eigenvalue weighted by Gasteiger charge is -2.50. The Hall–Kier alpha value is -2.47. The van der Waals surface area contributed by atoms with E-state index >= 15 is 0 Å². The molecular formula is C36H61N3O25. The Morgan fingerprint density at radius 2 is 0.891 bits per heavy atom. The van der Waals surface area contributed by atoms with E-state index in [2.05, 4.69) is 16.0 Å². The lowest BCUT2D eigenvalue weighted by molar-refractivity contribution is -0.376. The largest absolute Gasteiger partial charge is 0.394 e. The number of carbonyl (C=O) groups is 3. The van der Waals surface area contributed by atoms with Gasteiger partial charge in [-0.3, -0.25) is 14.4 Å². The fourth-order valence-electron chi connectivity index (χ4n) is 8.08. The van der Waals surface area contributed by atoms with Gasteiger partial charge in [0.25, 0.3) is 0 Å². The SMILES string of the molecule is CC(=O)N[C@@H]1[C@@H](O[C@@H]2O[C@H](CO)[C@@H](O)[C@H](O)[C@H]2NC(C)=O)[C@@H](O)[C@@H](CO[C@@H]2O[C@H](CO)[C@@H](O[C@@H]3O[C@H](CO)[C@H](O)[C@H](O)[C@H]3O)[C@H](O[C@@H]3O[C@@H](C)[C@@H](O)[C@@H](O)[C@@H]3O)[C@H]2NC(C)=O)O[C@@H]1O. The number of ether oxygens (including phenoxy) is 9. The van der Waals surface area contributed by atoms with Gasteiger partial charge in [-0.25, -0.2) is 0 Å². The number of rotatable bonds is 15. The lowest BCUT2D eigenvalue weighted by atomic mass is 9.94. The van der Waals surface area contributed by atoms with Crippen molar-refractivity contribution in [2.75, 3.05) is 26.4 Å². The third-order valence-corrected chi connectivity index (χ3v) is 11.5. The molecule has 5 rings (SSSR count). The van der Waals surface area contributed by atoms with Crippen molar-refractivity contribution in [3.05, 3.63) is 0 Å². The molecule has 0 spiro atoms. The zero-order valence-corrected chi connectivity index (χ0v) is 35.0. The molecule has 0 aromatic rings. The molecule has 0 radical (unpaired) electrons. The molecule has 25 atom stereocenters. The van der Waals surface area contributed by atoms with Gasteiger partial charge >= 0.3 is 0 Å². The molecule has 5 saturated heterocycles. The highest BCUT2D eigenvalue weighted by Crippen LogP contribution is 2.35. The predicted molar refractivity (Wildman–Crippen MR) is 200 cm³/mol. The van der Waals surface area contributed by atoms with E-state index in [9.17, 15) is 80.8 Å². The van der Waals surface area contributed by atoms with Crippen molar-refractivity contribution in [3.63, 3.8) is 0 Å². The monoisotopic (exact) mass is 935 g/mol. The number of nitrogens with one attached hydrogen (secondary N) is 3. The number of hydrogen-bond donors (Lipinski definition) is 16. The van der Waals surface area contributed by atoms with Crippen LogP contribution in [-0.4, -0.2) is 264 Å². The summed E-state index contributed by atoms with van der Waals surface area (Å²) >= 11 is 0. The van der Waals surface area contributed by atoms with Crippen molar-refractivity contribution >= 4 is 17.7 Å². The Labute approximate surface area is 364 Å². The van der Waals surface area contributed by atoms with E-state index in [0.29, 0.717) is 0 Å². The fourth-order valence-corrected chi connectivity index (χ4v) is 8.08. The maximum Gasteiger partial charge on any atom is 0.217 e. The number of aliphatic hydroxyl groups excluding tert-OH is 13. The van der Waals surface area contributed by atoms with Crippen LogP contribution in [0.25, 0.3) is 0 Å². The van der Waals surface area contributed by atoms with Gasteiger partial charge in [-0.05, 0) is 6.92 Å². The van der Waals surface area contributed by atoms with Crippen LogP contribution in [0.4, 0.5) is 0 Å². The van der Waals surface area contributed by atoms with E-state index < -0.39 is 197 Å². The number of aliphatic hydroxyl groups is 13. The summed E-state index contributed by atoms with van der Waals surface area (Å²) in [5, 5.41) is 145. The molecule has 5 fully saturated rings. The van der Waals surface area contributed by atoms with Crippen molar-refractivity contribution < 1.29 is 123 Å². The summed E-state index contributed by atoms with van der Waals surface area (Å²) in [4.78, 5) is 37.1. The van der Waals surface area contributed by atoms with E-state index in [1.807, 2.05) is 0 Å². The molecule has 28 heteroatoms. The first-order valence-electron chi connectivity index (χ1n) is 20.4. The van der Waals surface area contributed by atoms with Gasteiger partial charge in [-0.1, -0.05) is 0 Å². The number of hydrogen-bond acceptors (Lipinski definition) is 25. The van der Waals surface area contributed by atoms with Gasteiger partial charge < -0.3 is 125 Å². The second-order valence-electron chi connectivity index (χ2n) is 16.2. The molecular weight excluding hydrogens is 874 g/mol. The maximum atomic E-state index is 12.8. The van der Waals surface area contributed by atoms with Gasteiger partial charge in [-0.15, -0.1) is 0 Å². The second-order valence-corrected chi connectivity index (χ2v) is 16.2. The smallest absolute Gasteiger partial charge is 0.217 e. The summed E-state index contributed by atoms with van der Waals surface area (Å²) in [6, 6.07) is -4.75. The van der Waals surface area contributed by atoms with Crippen LogP contribution < -0.4 is 16.0 Å². The molecule has 0 unspecified atom stereocenters. The summed E-state index contributed by atoms with van der Waals surface area (Å²) in [5.74, 6) is -2.25. The quantitative estimate of drug-likeness (QED) is 0.0725. The van der Waals surface area contributed by atoms with Crippen molar-refractivity contribution in [2.24, 2.45) is 0 Å². The van der Waals surface area contributed by atoms with Crippen LogP contribution in [0.2, 0.25) is 0 Å². The van der Waals surface area contributed by atoms with Crippen LogP contribution in [-0.2, 0) is 57.0 Å². The van der Waals surface area contributed by atoms with E-state index in [1.54, 1.807) is 0 Å². The molecule has 16 N–H and O–H groups in total. The molecule has 0 aliphatic carbocycles. The molecule has 28 nitrogen and oxygen atoms in total. The Morgan fingerprint density at radius 3 is 1.45 bits per heavy atom. The minimum absolute atomic E-state index is 0.716. The highest BCUT2D eigenvalue weighted by atomic mass is 16.8. The van der Waals surface area contributed by atoms with Gasteiger partial charge in [0.15, 0.2) is 31.5 Å². The summed E-state index contributed by atoms with van der Waals surface area (Å²) in [6.07, 6.45) is -38.5. The van der Waals surface area contributed by atoms with Gasteiger partial charge in [-0.2, -0.15) is 0 Å². The molecule has 3 amide bonds. The summed E-state index contributed by atoms with van der Waals surface area (Å²) in [6.45, 7) is 1.06. The van der Waals surface area contributed by atoms with Crippen molar-refractivity contribution in [3.8, 4) is 0 Å². The van der Waals surface area contributed by atoms with Crippen molar-refractivity contribution in [1.29, 1.82) is 0 Å². The molecule has 5 heterocycles.